The van der Waals surface area contributed by atoms with Gasteiger partial charge in [0, 0.05) is 6.61 Å². The Morgan fingerprint density at radius 2 is 1.48 bits per heavy atom. The Balaban J connectivity index is 1.50. The molecule has 27 heavy (non-hydrogen) atoms. The zero-order valence-corrected chi connectivity index (χ0v) is 16.1. The average Bonchev–Trinajstić information content (AvgIpc) is 3.33. The zero-order valence-electron chi connectivity index (χ0n) is 16.1. The molecule has 2 aliphatic rings. The Hall–Kier alpha value is -2.40. The lowest BCUT2D eigenvalue weighted by Gasteiger charge is -2.29. The van der Waals surface area contributed by atoms with Crippen molar-refractivity contribution in [1.29, 1.82) is 0 Å². The van der Waals surface area contributed by atoms with E-state index in [1.165, 1.54) is 5.56 Å². The monoisotopic (exact) mass is 370 g/mol. The summed E-state index contributed by atoms with van der Waals surface area (Å²) in [5.74, 6) is 4.02. The zero-order chi connectivity index (χ0) is 18.8. The Labute approximate surface area is 160 Å². The van der Waals surface area contributed by atoms with E-state index in [2.05, 4.69) is 32.0 Å². The van der Waals surface area contributed by atoms with Crippen LogP contribution in [0.4, 0.5) is 0 Å². The van der Waals surface area contributed by atoms with E-state index in [0.717, 1.165) is 35.0 Å². The van der Waals surface area contributed by atoms with Gasteiger partial charge in [-0.15, -0.1) is 0 Å². The Morgan fingerprint density at radius 1 is 0.852 bits per heavy atom. The third-order valence-electron chi connectivity index (χ3n) is 5.44. The van der Waals surface area contributed by atoms with E-state index in [9.17, 15) is 0 Å². The van der Waals surface area contributed by atoms with Crippen LogP contribution in [0.5, 0.6) is 23.0 Å². The summed E-state index contributed by atoms with van der Waals surface area (Å²) in [5, 5.41) is 0. The van der Waals surface area contributed by atoms with Gasteiger partial charge >= 0.3 is 0 Å². The van der Waals surface area contributed by atoms with Crippen molar-refractivity contribution in [3.8, 4) is 23.0 Å². The Kier molecular flexibility index (Phi) is 5.12. The van der Waals surface area contributed by atoms with E-state index in [-0.39, 0.29) is 12.9 Å². The highest BCUT2D eigenvalue weighted by atomic mass is 16.7. The third-order valence-corrected chi connectivity index (χ3v) is 5.44. The standard InChI is InChI=1S/C22H26O5/c1-4-23-22(17-6-8-19-21(11-17)27-13-25-19)15(3)14(2)9-16-5-7-18-20(10-16)26-12-24-18/h5-8,10-11,14-15,22H,4,9,12-13H2,1-3H3/t14-,15+,22-/m1/s1. The van der Waals surface area contributed by atoms with Crippen molar-refractivity contribution in [2.45, 2.75) is 33.3 Å². The molecule has 0 saturated heterocycles. The molecule has 0 unspecified atom stereocenters. The number of benzene rings is 2. The van der Waals surface area contributed by atoms with Crippen LogP contribution in [0.2, 0.25) is 0 Å². The van der Waals surface area contributed by atoms with Crippen LogP contribution in [0, 0.1) is 11.8 Å². The molecule has 5 heteroatoms. The molecule has 3 atom stereocenters. The van der Waals surface area contributed by atoms with Gasteiger partial charge in [0.25, 0.3) is 0 Å². The number of hydrogen-bond acceptors (Lipinski definition) is 5. The minimum absolute atomic E-state index is 0.00788. The van der Waals surface area contributed by atoms with Gasteiger partial charge in [-0.05, 0) is 60.6 Å². The van der Waals surface area contributed by atoms with Crippen LogP contribution < -0.4 is 18.9 Å². The summed E-state index contributed by atoms with van der Waals surface area (Å²) in [6, 6.07) is 12.3. The van der Waals surface area contributed by atoms with Gasteiger partial charge in [0.1, 0.15) is 0 Å². The van der Waals surface area contributed by atoms with Crippen LogP contribution in [0.25, 0.3) is 0 Å². The summed E-state index contributed by atoms with van der Waals surface area (Å²) < 4.78 is 28.0. The van der Waals surface area contributed by atoms with Gasteiger partial charge in [-0.25, -0.2) is 0 Å². The second kappa shape index (κ2) is 7.69. The van der Waals surface area contributed by atoms with E-state index in [4.69, 9.17) is 23.7 Å². The number of ether oxygens (including phenoxy) is 5. The maximum atomic E-state index is 6.14. The molecule has 2 aromatic rings. The van der Waals surface area contributed by atoms with Crippen molar-refractivity contribution in [3.63, 3.8) is 0 Å². The van der Waals surface area contributed by atoms with Crippen LogP contribution >= 0.6 is 0 Å². The number of hydrogen-bond donors (Lipinski definition) is 0. The van der Waals surface area contributed by atoms with E-state index < -0.39 is 0 Å². The summed E-state index contributed by atoms with van der Waals surface area (Å²) in [6.45, 7) is 7.82. The molecule has 2 heterocycles. The van der Waals surface area contributed by atoms with Gasteiger partial charge < -0.3 is 23.7 Å². The number of fused-ring (bicyclic) bond motifs is 2. The van der Waals surface area contributed by atoms with E-state index in [1.807, 2.05) is 25.1 Å². The first kappa shape index (κ1) is 18.0. The first-order valence-corrected chi connectivity index (χ1v) is 9.55. The average molecular weight is 370 g/mol. The lowest BCUT2D eigenvalue weighted by Crippen LogP contribution is -2.21. The molecule has 4 rings (SSSR count). The van der Waals surface area contributed by atoms with Crippen molar-refractivity contribution >= 4 is 0 Å². The van der Waals surface area contributed by atoms with Crippen LogP contribution in [-0.4, -0.2) is 20.2 Å². The molecule has 0 amide bonds. The largest absolute Gasteiger partial charge is 0.454 e. The lowest BCUT2D eigenvalue weighted by molar-refractivity contribution is 0.00642. The molecule has 0 fully saturated rings. The minimum Gasteiger partial charge on any atom is -0.454 e. The second-order valence-corrected chi connectivity index (χ2v) is 7.22. The summed E-state index contributed by atoms with van der Waals surface area (Å²) in [5.41, 5.74) is 2.38. The Morgan fingerprint density at radius 3 is 2.19 bits per heavy atom. The smallest absolute Gasteiger partial charge is 0.231 e. The summed E-state index contributed by atoms with van der Waals surface area (Å²) in [4.78, 5) is 0. The molecule has 0 N–H and O–H groups in total. The predicted molar refractivity (Wildman–Crippen MR) is 102 cm³/mol. The van der Waals surface area contributed by atoms with Crippen LogP contribution in [0.15, 0.2) is 36.4 Å². The van der Waals surface area contributed by atoms with Gasteiger partial charge in [-0.1, -0.05) is 26.0 Å². The lowest BCUT2D eigenvalue weighted by atomic mass is 9.83. The molecule has 144 valence electrons. The first-order chi connectivity index (χ1) is 13.2. The minimum atomic E-state index is 0.00788. The molecule has 2 aliphatic heterocycles. The second-order valence-electron chi connectivity index (χ2n) is 7.22. The molecule has 0 bridgehead atoms. The van der Waals surface area contributed by atoms with Crippen LogP contribution in [-0.2, 0) is 11.2 Å². The molecular formula is C22H26O5. The molecule has 2 aromatic carbocycles. The van der Waals surface area contributed by atoms with Crippen molar-refractivity contribution in [3.05, 3.63) is 47.5 Å². The fourth-order valence-electron chi connectivity index (χ4n) is 3.75. The van der Waals surface area contributed by atoms with E-state index in [1.54, 1.807) is 0 Å². The maximum absolute atomic E-state index is 6.14. The molecular weight excluding hydrogens is 344 g/mol. The van der Waals surface area contributed by atoms with Crippen molar-refractivity contribution in [2.24, 2.45) is 11.8 Å². The highest BCUT2D eigenvalue weighted by Crippen LogP contribution is 2.40. The van der Waals surface area contributed by atoms with Crippen LogP contribution in [0.3, 0.4) is 0 Å². The van der Waals surface area contributed by atoms with Gasteiger partial charge in [-0.3, -0.25) is 0 Å². The van der Waals surface area contributed by atoms with Crippen molar-refractivity contribution < 1.29 is 23.7 Å². The SMILES string of the molecule is CCO[C@@H](c1ccc2c(c1)OCO2)[C@@H](C)[C@H](C)Cc1ccc2c(c1)OCO2. The van der Waals surface area contributed by atoms with Gasteiger partial charge in [0.15, 0.2) is 23.0 Å². The number of rotatable bonds is 7. The molecule has 0 spiro atoms. The highest BCUT2D eigenvalue weighted by molar-refractivity contribution is 5.46. The molecule has 0 radical (unpaired) electrons. The molecule has 5 nitrogen and oxygen atoms in total. The van der Waals surface area contributed by atoms with Gasteiger partial charge in [0.05, 0.1) is 6.10 Å². The first-order valence-electron chi connectivity index (χ1n) is 9.55. The fourth-order valence-corrected chi connectivity index (χ4v) is 3.75. The maximum Gasteiger partial charge on any atom is 0.231 e. The molecule has 0 saturated carbocycles. The van der Waals surface area contributed by atoms with Crippen molar-refractivity contribution in [1.82, 2.24) is 0 Å². The Bertz CT molecular complexity index is 803. The fraction of sp³-hybridized carbons (Fsp3) is 0.455. The van der Waals surface area contributed by atoms with Crippen molar-refractivity contribution in [2.75, 3.05) is 20.2 Å². The van der Waals surface area contributed by atoms with E-state index >= 15 is 0 Å². The molecule has 0 aliphatic carbocycles. The normalized spacial score (nSPS) is 17.6. The summed E-state index contributed by atoms with van der Waals surface area (Å²) in [7, 11) is 0. The quantitative estimate of drug-likeness (QED) is 0.705. The van der Waals surface area contributed by atoms with Gasteiger partial charge in [-0.2, -0.15) is 0 Å². The topological polar surface area (TPSA) is 46.2 Å². The molecule has 0 aromatic heterocycles. The van der Waals surface area contributed by atoms with Gasteiger partial charge in [0.2, 0.25) is 13.6 Å². The van der Waals surface area contributed by atoms with Crippen LogP contribution in [0.1, 0.15) is 38.0 Å². The summed E-state index contributed by atoms with van der Waals surface area (Å²) >= 11 is 0. The predicted octanol–water partition coefficient (Wildman–Crippen LogP) is 4.74. The summed E-state index contributed by atoms with van der Waals surface area (Å²) in [6.07, 6.45) is 0.958. The van der Waals surface area contributed by atoms with E-state index in [0.29, 0.717) is 25.2 Å². The third kappa shape index (κ3) is 3.69. The highest BCUT2D eigenvalue weighted by Gasteiger charge is 2.27.